The van der Waals surface area contributed by atoms with Gasteiger partial charge in [-0.25, -0.2) is 4.79 Å². The molecule has 31 heavy (non-hydrogen) atoms. The van der Waals surface area contributed by atoms with Crippen molar-refractivity contribution in [2.75, 3.05) is 18.4 Å². The zero-order valence-corrected chi connectivity index (χ0v) is 17.9. The molecule has 0 aliphatic carbocycles. The lowest BCUT2D eigenvalue weighted by Gasteiger charge is -2.46. The van der Waals surface area contributed by atoms with Crippen LogP contribution >= 0.6 is 0 Å². The molecule has 162 valence electrons. The van der Waals surface area contributed by atoms with Crippen LogP contribution in [0, 0.1) is 13.8 Å². The lowest BCUT2D eigenvalue weighted by atomic mass is 9.93. The van der Waals surface area contributed by atoms with Gasteiger partial charge in [-0.15, -0.1) is 0 Å². The number of nitrogens with one attached hydrogen (secondary N) is 2. The minimum atomic E-state index is -0.482. The lowest BCUT2D eigenvalue weighted by molar-refractivity contribution is -0.138. The van der Waals surface area contributed by atoms with Crippen LogP contribution in [0.5, 0.6) is 0 Å². The fourth-order valence-corrected chi connectivity index (χ4v) is 4.22. The molecule has 0 spiro atoms. The maximum Gasteiger partial charge on any atom is 0.327 e. The number of piperidine rings is 1. The molecule has 2 fully saturated rings. The van der Waals surface area contributed by atoms with Crippen molar-refractivity contribution in [2.45, 2.75) is 45.3 Å². The van der Waals surface area contributed by atoms with Gasteiger partial charge in [0.15, 0.2) is 0 Å². The Balaban J connectivity index is 1.53. The van der Waals surface area contributed by atoms with E-state index in [9.17, 15) is 14.4 Å². The molecule has 2 unspecified atom stereocenters. The minimum absolute atomic E-state index is 0.0900. The number of anilines is 1. The molecule has 0 bridgehead atoms. The van der Waals surface area contributed by atoms with E-state index in [1.165, 1.54) is 4.90 Å². The molecule has 2 aromatic rings. The van der Waals surface area contributed by atoms with E-state index in [0.29, 0.717) is 12.1 Å². The number of carbonyl (C=O) groups is 3. The highest BCUT2D eigenvalue weighted by atomic mass is 16.2. The highest BCUT2D eigenvalue weighted by Crippen LogP contribution is 2.26. The first kappa shape index (κ1) is 21.1. The Morgan fingerprint density at radius 3 is 2.35 bits per heavy atom. The van der Waals surface area contributed by atoms with Crippen LogP contribution in [0.1, 0.15) is 29.5 Å². The highest BCUT2D eigenvalue weighted by Gasteiger charge is 2.47. The highest BCUT2D eigenvalue weighted by molar-refractivity contribution is 6.02. The minimum Gasteiger partial charge on any atom is -0.325 e. The second-order valence-electron chi connectivity index (χ2n) is 8.38. The van der Waals surface area contributed by atoms with Gasteiger partial charge in [0.2, 0.25) is 11.8 Å². The Hall–Kier alpha value is -3.19. The number of hydrogen-bond acceptors (Lipinski definition) is 4. The standard InChI is InChI=1S/C24H28N4O3/c1-16-5-9-18(10-6-16)14-28-23(30)22-20(4-3-13-25-22)27(24(28)31)15-21(29)26-19-11-7-17(2)8-12-19/h5-12,20,22,25H,3-4,13-15H2,1-2H3,(H,26,29). The maximum absolute atomic E-state index is 13.3. The largest absolute Gasteiger partial charge is 0.327 e. The first-order chi connectivity index (χ1) is 14.9. The Morgan fingerprint density at radius 2 is 1.68 bits per heavy atom. The van der Waals surface area contributed by atoms with E-state index in [1.54, 1.807) is 4.90 Å². The second kappa shape index (κ2) is 8.89. The number of nitrogens with zero attached hydrogens (tertiary/aromatic N) is 2. The van der Waals surface area contributed by atoms with Crippen molar-refractivity contribution < 1.29 is 14.4 Å². The van der Waals surface area contributed by atoms with Crippen LogP contribution in [-0.4, -0.2) is 52.8 Å². The van der Waals surface area contributed by atoms with Gasteiger partial charge in [-0.1, -0.05) is 47.5 Å². The molecular formula is C24H28N4O3. The predicted molar refractivity (Wildman–Crippen MR) is 118 cm³/mol. The summed E-state index contributed by atoms with van der Waals surface area (Å²) in [5.41, 5.74) is 3.78. The number of amides is 4. The zero-order chi connectivity index (χ0) is 22.0. The van der Waals surface area contributed by atoms with Crippen LogP contribution in [0.2, 0.25) is 0 Å². The van der Waals surface area contributed by atoms with E-state index in [2.05, 4.69) is 10.6 Å². The van der Waals surface area contributed by atoms with Crippen molar-refractivity contribution in [3.05, 3.63) is 65.2 Å². The van der Waals surface area contributed by atoms with Crippen LogP contribution in [-0.2, 0) is 16.1 Å². The molecule has 2 aliphatic heterocycles. The summed E-state index contributed by atoms with van der Waals surface area (Å²) in [6, 6.07) is 14.1. The van der Waals surface area contributed by atoms with Crippen LogP contribution < -0.4 is 10.6 Å². The quantitative estimate of drug-likeness (QED) is 0.779. The number of imide groups is 1. The first-order valence-corrected chi connectivity index (χ1v) is 10.7. The normalized spacial score (nSPS) is 21.1. The summed E-state index contributed by atoms with van der Waals surface area (Å²) in [4.78, 5) is 42.0. The molecule has 2 aliphatic rings. The lowest BCUT2D eigenvalue weighted by Crippen LogP contribution is -2.70. The van der Waals surface area contributed by atoms with Gasteiger partial charge < -0.3 is 15.5 Å². The second-order valence-corrected chi connectivity index (χ2v) is 8.38. The van der Waals surface area contributed by atoms with Gasteiger partial charge in [0, 0.05) is 5.69 Å². The van der Waals surface area contributed by atoms with E-state index in [4.69, 9.17) is 0 Å². The number of aryl methyl sites for hydroxylation is 2. The molecule has 0 saturated carbocycles. The molecular weight excluding hydrogens is 392 g/mol. The van der Waals surface area contributed by atoms with E-state index < -0.39 is 12.1 Å². The van der Waals surface area contributed by atoms with E-state index in [0.717, 1.165) is 29.7 Å². The van der Waals surface area contributed by atoms with E-state index in [-0.39, 0.29) is 30.9 Å². The molecule has 4 rings (SSSR count). The Morgan fingerprint density at radius 1 is 1.03 bits per heavy atom. The number of urea groups is 1. The van der Waals surface area contributed by atoms with Crippen LogP contribution in [0.25, 0.3) is 0 Å². The molecule has 2 atom stereocenters. The molecule has 2 N–H and O–H groups in total. The van der Waals surface area contributed by atoms with Gasteiger partial charge in [-0.2, -0.15) is 0 Å². The molecule has 0 aromatic heterocycles. The summed E-state index contributed by atoms with van der Waals surface area (Å²) in [6.07, 6.45) is 1.56. The summed E-state index contributed by atoms with van der Waals surface area (Å²) < 4.78 is 0. The van der Waals surface area contributed by atoms with Gasteiger partial charge in [0.25, 0.3) is 0 Å². The monoisotopic (exact) mass is 420 g/mol. The molecule has 2 heterocycles. The van der Waals surface area contributed by atoms with Crippen molar-refractivity contribution in [1.29, 1.82) is 0 Å². The first-order valence-electron chi connectivity index (χ1n) is 10.7. The summed E-state index contributed by atoms with van der Waals surface area (Å²) in [5.74, 6) is -0.489. The topological polar surface area (TPSA) is 81.8 Å². The zero-order valence-electron chi connectivity index (χ0n) is 17.9. The van der Waals surface area contributed by atoms with Crippen LogP contribution in [0.4, 0.5) is 10.5 Å². The fourth-order valence-electron chi connectivity index (χ4n) is 4.22. The molecule has 7 heteroatoms. The molecule has 2 saturated heterocycles. The Bertz CT molecular complexity index is 971. The number of rotatable bonds is 5. The third kappa shape index (κ3) is 4.61. The maximum atomic E-state index is 13.3. The van der Waals surface area contributed by atoms with Crippen molar-refractivity contribution in [2.24, 2.45) is 0 Å². The molecule has 4 amide bonds. The SMILES string of the molecule is Cc1ccc(CN2C(=O)C3NCCCC3N(CC(=O)Nc3ccc(C)cc3)C2=O)cc1. The Kier molecular flexibility index (Phi) is 6.04. The predicted octanol–water partition coefficient (Wildman–Crippen LogP) is 2.83. The van der Waals surface area contributed by atoms with Gasteiger partial charge in [0.1, 0.15) is 12.6 Å². The number of hydrogen-bond donors (Lipinski definition) is 2. The number of carbonyl (C=O) groups excluding carboxylic acids is 3. The van der Waals surface area contributed by atoms with Crippen molar-refractivity contribution in [3.8, 4) is 0 Å². The number of benzene rings is 2. The molecule has 7 nitrogen and oxygen atoms in total. The summed E-state index contributed by atoms with van der Waals surface area (Å²) in [5, 5.41) is 6.12. The smallest absolute Gasteiger partial charge is 0.325 e. The number of fused-ring (bicyclic) bond motifs is 1. The molecule has 2 aromatic carbocycles. The third-order valence-electron chi connectivity index (χ3n) is 5.95. The van der Waals surface area contributed by atoms with Crippen LogP contribution in [0.3, 0.4) is 0 Å². The van der Waals surface area contributed by atoms with Gasteiger partial charge in [0.05, 0.1) is 12.6 Å². The van der Waals surface area contributed by atoms with Crippen molar-refractivity contribution in [1.82, 2.24) is 15.1 Å². The summed E-state index contributed by atoms with van der Waals surface area (Å²) >= 11 is 0. The fraction of sp³-hybridized carbons (Fsp3) is 0.375. The van der Waals surface area contributed by atoms with Crippen LogP contribution in [0.15, 0.2) is 48.5 Å². The Labute approximate surface area is 182 Å². The average Bonchev–Trinajstić information content (AvgIpc) is 2.77. The van der Waals surface area contributed by atoms with Gasteiger partial charge in [-0.05, 0) is 50.9 Å². The van der Waals surface area contributed by atoms with Crippen molar-refractivity contribution in [3.63, 3.8) is 0 Å². The van der Waals surface area contributed by atoms with Gasteiger partial charge >= 0.3 is 6.03 Å². The third-order valence-corrected chi connectivity index (χ3v) is 5.95. The summed E-state index contributed by atoms with van der Waals surface area (Å²) in [7, 11) is 0. The van der Waals surface area contributed by atoms with E-state index in [1.807, 2.05) is 62.4 Å². The summed E-state index contributed by atoms with van der Waals surface area (Å²) in [6.45, 7) is 4.80. The average molecular weight is 421 g/mol. The van der Waals surface area contributed by atoms with Crippen molar-refractivity contribution >= 4 is 23.5 Å². The van der Waals surface area contributed by atoms with Gasteiger partial charge in [-0.3, -0.25) is 14.5 Å². The van der Waals surface area contributed by atoms with E-state index >= 15 is 0 Å². The molecule has 0 radical (unpaired) electrons.